The van der Waals surface area contributed by atoms with Crippen molar-refractivity contribution in [1.82, 2.24) is 9.71 Å². The molecule has 1 aliphatic rings. The molecule has 1 aromatic carbocycles. The number of hydrogen-bond donors (Lipinski definition) is 1. The van der Waals surface area contributed by atoms with Crippen LogP contribution in [0, 0.1) is 11.7 Å². The number of nitrogens with one attached hydrogen (secondary N) is 1. The van der Waals surface area contributed by atoms with E-state index in [4.69, 9.17) is 9.47 Å². The Morgan fingerprint density at radius 3 is 2.70 bits per heavy atom. The van der Waals surface area contributed by atoms with Crippen LogP contribution in [0.1, 0.15) is 13.3 Å². The first-order chi connectivity index (χ1) is 13.0. The average Bonchev–Trinajstić information content (AvgIpc) is 2.68. The van der Waals surface area contributed by atoms with E-state index in [0.29, 0.717) is 37.7 Å². The Morgan fingerprint density at radius 1 is 1.26 bits per heavy atom. The zero-order valence-electron chi connectivity index (χ0n) is 15.1. The largest absolute Gasteiger partial charge is 0.493 e. The van der Waals surface area contributed by atoms with Crippen molar-refractivity contribution < 1.29 is 22.3 Å². The van der Waals surface area contributed by atoms with E-state index in [0.717, 1.165) is 5.56 Å². The van der Waals surface area contributed by atoms with Crippen LogP contribution >= 0.6 is 0 Å². The van der Waals surface area contributed by atoms with Crippen LogP contribution in [-0.2, 0) is 14.8 Å². The highest BCUT2D eigenvalue weighted by Crippen LogP contribution is 2.22. The van der Waals surface area contributed by atoms with Gasteiger partial charge >= 0.3 is 0 Å². The minimum Gasteiger partial charge on any atom is -0.493 e. The number of hydrogen-bond acceptors (Lipinski definition) is 5. The maximum absolute atomic E-state index is 13.0. The number of aromatic nitrogens is 1. The monoisotopic (exact) mass is 394 g/mol. The molecule has 0 spiro atoms. The van der Waals surface area contributed by atoms with E-state index in [1.54, 1.807) is 13.0 Å². The average molecular weight is 394 g/mol. The number of pyridine rings is 1. The third-order valence-corrected chi connectivity index (χ3v) is 5.95. The normalized spacial score (nSPS) is 20.4. The van der Waals surface area contributed by atoms with Crippen molar-refractivity contribution in [3.8, 4) is 17.0 Å². The molecule has 1 aliphatic heterocycles. The van der Waals surface area contributed by atoms with Gasteiger partial charge in [-0.25, -0.2) is 17.5 Å². The second-order valence-corrected chi connectivity index (χ2v) is 8.49. The lowest BCUT2D eigenvalue weighted by Gasteiger charge is -2.31. The lowest BCUT2D eigenvalue weighted by Crippen LogP contribution is -2.47. The third kappa shape index (κ3) is 5.47. The molecular weight excluding hydrogens is 371 g/mol. The van der Waals surface area contributed by atoms with Crippen molar-refractivity contribution in [2.75, 3.05) is 25.6 Å². The number of nitrogens with zero attached hydrogens (tertiary/aromatic N) is 1. The molecule has 1 fully saturated rings. The van der Waals surface area contributed by atoms with Gasteiger partial charge in [-0.1, -0.05) is 0 Å². The van der Waals surface area contributed by atoms with Gasteiger partial charge in [0, 0.05) is 24.1 Å². The lowest BCUT2D eigenvalue weighted by atomic mass is 9.98. The summed E-state index contributed by atoms with van der Waals surface area (Å²) in [6, 6.07) is 10.1. The van der Waals surface area contributed by atoms with Crippen molar-refractivity contribution in [3.05, 3.63) is 48.4 Å². The van der Waals surface area contributed by atoms with E-state index in [9.17, 15) is 12.8 Å². The van der Waals surface area contributed by atoms with E-state index in [1.807, 2.05) is 24.3 Å². The van der Waals surface area contributed by atoms with Gasteiger partial charge in [0.2, 0.25) is 10.0 Å². The van der Waals surface area contributed by atoms with Crippen LogP contribution in [0.15, 0.2) is 42.6 Å². The van der Waals surface area contributed by atoms with Crippen molar-refractivity contribution in [3.63, 3.8) is 0 Å². The SMILES string of the molecule is CCS(=O)(=O)NC1CCOCC1COc1ccc(-c2ccc(F)cn2)cc1. The predicted molar refractivity (Wildman–Crippen MR) is 100 cm³/mol. The number of sulfonamides is 1. The highest BCUT2D eigenvalue weighted by atomic mass is 32.2. The summed E-state index contributed by atoms with van der Waals surface area (Å²) < 4.78 is 50.7. The first-order valence-electron chi connectivity index (χ1n) is 8.89. The fourth-order valence-electron chi connectivity index (χ4n) is 2.90. The van der Waals surface area contributed by atoms with Gasteiger partial charge in [0.05, 0.1) is 30.9 Å². The van der Waals surface area contributed by atoms with Gasteiger partial charge in [0.15, 0.2) is 0 Å². The molecule has 2 atom stereocenters. The molecule has 2 heterocycles. The molecule has 0 saturated carbocycles. The summed E-state index contributed by atoms with van der Waals surface area (Å²) in [6.45, 7) is 2.96. The van der Waals surface area contributed by atoms with Crippen molar-refractivity contribution in [2.45, 2.75) is 19.4 Å². The van der Waals surface area contributed by atoms with Crippen molar-refractivity contribution >= 4 is 10.0 Å². The maximum Gasteiger partial charge on any atom is 0.211 e. The molecule has 27 heavy (non-hydrogen) atoms. The Labute approximate surface area is 158 Å². The van der Waals surface area contributed by atoms with E-state index < -0.39 is 10.0 Å². The molecule has 3 rings (SSSR count). The summed E-state index contributed by atoms with van der Waals surface area (Å²) in [7, 11) is -3.27. The van der Waals surface area contributed by atoms with Gasteiger partial charge in [0.25, 0.3) is 0 Å². The zero-order chi connectivity index (χ0) is 19.3. The molecule has 0 radical (unpaired) electrons. The van der Waals surface area contributed by atoms with Crippen LogP contribution in [0.3, 0.4) is 0 Å². The van der Waals surface area contributed by atoms with E-state index >= 15 is 0 Å². The molecular formula is C19H23FN2O4S. The summed E-state index contributed by atoms with van der Waals surface area (Å²) in [6.07, 6.45) is 1.81. The Morgan fingerprint density at radius 2 is 2.04 bits per heavy atom. The Balaban J connectivity index is 1.60. The highest BCUT2D eigenvalue weighted by molar-refractivity contribution is 7.89. The summed E-state index contributed by atoms with van der Waals surface area (Å²) in [4.78, 5) is 4.05. The minimum absolute atomic E-state index is 0.0524. The zero-order valence-corrected chi connectivity index (χ0v) is 15.9. The topological polar surface area (TPSA) is 77.5 Å². The van der Waals surface area contributed by atoms with Crippen LogP contribution < -0.4 is 9.46 Å². The van der Waals surface area contributed by atoms with Crippen LogP contribution in [0.2, 0.25) is 0 Å². The number of benzene rings is 1. The van der Waals surface area contributed by atoms with Gasteiger partial charge in [-0.15, -0.1) is 0 Å². The summed E-state index contributed by atoms with van der Waals surface area (Å²) in [5, 5.41) is 0. The quantitative estimate of drug-likeness (QED) is 0.781. The molecule has 146 valence electrons. The Bertz CT molecular complexity index is 841. The van der Waals surface area contributed by atoms with Crippen LogP contribution in [0.5, 0.6) is 5.75 Å². The van der Waals surface area contributed by atoms with Gasteiger partial charge in [0.1, 0.15) is 11.6 Å². The first-order valence-corrected chi connectivity index (χ1v) is 10.5. The number of rotatable bonds is 7. The lowest BCUT2D eigenvalue weighted by molar-refractivity contribution is 0.0186. The van der Waals surface area contributed by atoms with Gasteiger partial charge in [-0.05, 0) is 49.7 Å². The van der Waals surface area contributed by atoms with Crippen molar-refractivity contribution in [2.24, 2.45) is 5.92 Å². The molecule has 2 unspecified atom stereocenters. The second kappa shape index (κ2) is 8.77. The van der Waals surface area contributed by atoms with E-state index in [-0.39, 0.29) is 23.5 Å². The molecule has 8 heteroatoms. The third-order valence-electron chi connectivity index (χ3n) is 4.53. The maximum atomic E-state index is 13.0. The van der Waals surface area contributed by atoms with E-state index in [2.05, 4.69) is 9.71 Å². The highest BCUT2D eigenvalue weighted by Gasteiger charge is 2.29. The number of ether oxygens (including phenoxy) is 2. The van der Waals surface area contributed by atoms with Crippen LogP contribution in [0.25, 0.3) is 11.3 Å². The fraction of sp³-hybridized carbons (Fsp3) is 0.421. The molecule has 0 amide bonds. The molecule has 1 saturated heterocycles. The number of halogens is 1. The van der Waals surface area contributed by atoms with E-state index in [1.165, 1.54) is 12.3 Å². The molecule has 6 nitrogen and oxygen atoms in total. The Kier molecular flexibility index (Phi) is 6.41. The predicted octanol–water partition coefficient (Wildman–Crippen LogP) is 2.61. The van der Waals surface area contributed by atoms with Gasteiger partial charge in [-0.3, -0.25) is 4.98 Å². The summed E-state index contributed by atoms with van der Waals surface area (Å²) in [5.74, 6) is 0.292. The molecule has 1 N–H and O–H groups in total. The van der Waals surface area contributed by atoms with Crippen LogP contribution in [-0.4, -0.2) is 45.0 Å². The minimum atomic E-state index is -3.27. The van der Waals surface area contributed by atoms with Gasteiger partial charge in [-0.2, -0.15) is 0 Å². The fourth-order valence-corrected chi connectivity index (χ4v) is 3.84. The second-order valence-electron chi connectivity index (χ2n) is 6.45. The molecule has 0 aliphatic carbocycles. The standard InChI is InChI=1S/C19H23FN2O4S/c1-2-27(23,24)22-19-9-10-25-12-15(19)13-26-17-6-3-14(4-7-17)18-8-5-16(20)11-21-18/h3-8,11,15,19,22H,2,9-10,12-13H2,1H3. The van der Waals surface area contributed by atoms with Crippen LogP contribution in [0.4, 0.5) is 4.39 Å². The molecule has 2 aromatic rings. The Hall–Kier alpha value is -2.03. The molecule has 0 bridgehead atoms. The molecule has 1 aromatic heterocycles. The summed E-state index contributed by atoms with van der Waals surface area (Å²) >= 11 is 0. The smallest absolute Gasteiger partial charge is 0.211 e. The first kappa shape index (κ1) is 19.7. The van der Waals surface area contributed by atoms with Crippen molar-refractivity contribution in [1.29, 1.82) is 0 Å². The van der Waals surface area contributed by atoms with Gasteiger partial charge < -0.3 is 9.47 Å². The summed E-state index contributed by atoms with van der Waals surface area (Å²) in [5.41, 5.74) is 1.54.